The number of nitro groups is 1. The molecule has 1 fully saturated rings. The Kier molecular flexibility index (Phi) is 5.92. The van der Waals surface area contributed by atoms with Crippen LogP contribution in [0.25, 0.3) is 5.53 Å². The molecule has 1 aromatic rings. The van der Waals surface area contributed by atoms with Gasteiger partial charge in [-0.1, -0.05) is 6.92 Å². The number of nitro benzene ring substituents is 1. The van der Waals surface area contributed by atoms with Gasteiger partial charge in [0.2, 0.25) is 5.91 Å². The quantitative estimate of drug-likeness (QED) is 0.106. The number of rotatable bonds is 8. The van der Waals surface area contributed by atoms with E-state index in [1.807, 2.05) is 0 Å². The number of ether oxygens (including phenoxy) is 1. The summed E-state index contributed by atoms with van der Waals surface area (Å²) in [5.74, 6) is -2.33. The number of β-lactam (4-membered cyclic amide) rings is 1. The number of amides is 1. The van der Waals surface area contributed by atoms with Crippen molar-refractivity contribution in [2.24, 2.45) is 5.92 Å². The first-order valence-corrected chi connectivity index (χ1v) is 7.83. The lowest BCUT2D eigenvalue weighted by Crippen LogP contribution is -2.59. The molecule has 1 heterocycles. The molecule has 1 aliphatic heterocycles. The van der Waals surface area contributed by atoms with Crippen LogP contribution in [0.5, 0.6) is 0 Å². The molecule has 0 bridgehead atoms. The van der Waals surface area contributed by atoms with Gasteiger partial charge in [-0.05, 0) is 24.1 Å². The number of hydrogen-bond acceptors (Lipinski definition) is 6. The van der Waals surface area contributed by atoms with E-state index in [2.05, 4.69) is 10.1 Å². The second-order valence-electron chi connectivity index (χ2n) is 5.71. The maximum absolute atomic E-state index is 12.1. The average molecular weight is 360 g/mol. The molecule has 1 aromatic carbocycles. The molecule has 0 radical (unpaired) electrons. The summed E-state index contributed by atoms with van der Waals surface area (Å²) in [5.41, 5.74) is 8.54. The zero-order valence-corrected chi connectivity index (χ0v) is 13.9. The van der Waals surface area contributed by atoms with Crippen molar-refractivity contribution in [1.29, 1.82) is 0 Å². The molecular weight excluding hydrogens is 344 g/mol. The number of Topliss-reactive ketones (excluding diaryl/α,β-unsaturated/α-hetero) is 1. The normalized spacial score (nSPS) is 18.1. The Labute approximate surface area is 147 Å². The van der Waals surface area contributed by atoms with Gasteiger partial charge in [0.05, 0.1) is 10.8 Å². The van der Waals surface area contributed by atoms with E-state index >= 15 is 0 Å². The first-order chi connectivity index (χ1) is 12.4. The molecule has 0 aromatic heterocycles. The molecule has 10 nitrogen and oxygen atoms in total. The summed E-state index contributed by atoms with van der Waals surface area (Å²) in [4.78, 5) is 48.1. The summed E-state index contributed by atoms with van der Waals surface area (Å²) in [7, 11) is 0. The van der Waals surface area contributed by atoms with E-state index in [1.165, 1.54) is 24.3 Å². The van der Waals surface area contributed by atoms with Gasteiger partial charge in [0.15, 0.2) is 0 Å². The predicted octanol–water partition coefficient (Wildman–Crippen LogP) is 0.793. The summed E-state index contributed by atoms with van der Waals surface area (Å²) in [6.45, 7) is 1.56. The summed E-state index contributed by atoms with van der Waals surface area (Å²) < 4.78 is 4.90. The standard InChI is InChI=1S/C16H16N4O6/c1-2-11-12(18-15(11)22)7-13(21)14(19-17)16(23)26-8-9-3-5-10(6-4-9)20(24)25/h3-6,11-12H,2,7-8H2,1H3,(H,18,22)/t11-,12-/m1/s1. The molecule has 1 saturated heterocycles. The fourth-order valence-corrected chi connectivity index (χ4v) is 2.58. The van der Waals surface area contributed by atoms with E-state index in [9.17, 15) is 24.5 Å². The molecule has 10 heteroatoms. The molecular formula is C16H16N4O6. The first-order valence-electron chi connectivity index (χ1n) is 7.83. The number of esters is 1. The van der Waals surface area contributed by atoms with Crippen LogP contribution in [0, 0.1) is 16.0 Å². The second kappa shape index (κ2) is 8.13. The molecule has 1 N–H and O–H groups in total. The molecule has 0 saturated carbocycles. The molecule has 0 aliphatic carbocycles. The monoisotopic (exact) mass is 360 g/mol. The number of hydrogen-bond donors (Lipinski definition) is 1. The van der Waals surface area contributed by atoms with E-state index < -0.39 is 28.4 Å². The highest BCUT2D eigenvalue weighted by atomic mass is 16.6. The Bertz CT molecular complexity index is 797. The highest BCUT2D eigenvalue weighted by molar-refractivity contribution is 6.62. The van der Waals surface area contributed by atoms with Crippen molar-refractivity contribution in [3.63, 3.8) is 0 Å². The SMILES string of the molecule is CC[C@H]1C(=O)N[C@@H]1CC(=O)C(=[N+]=[N-])C(=O)OCc1ccc([N+](=O)[O-])cc1. The zero-order chi connectivity index (χ0) is 19.3. The summed E-state index contributed by atoms with van der Waals surface area (Å²) in [6.07, 6.45) is 0.385. The second-order valence-corrected chi connectivity index (χ2v) is 5.71. The van der Waals surface area contributed by atoms with Crippen molar-refractivity contribution in [2.75, 3.05) is 0 Å². The Morgan fingerprint density at radius 2 is 2.00 bits per heavy atom. The first kappa shape index (κ1) is 18.9. The molecule has 136 valence electrons. The number of carbonyl (C=O) groups is 3. The zero-order valence-electron chi connectivity index (χ0n) is 13.9. The maximum Gasteiger partial charge on any atom is 0.441 e. The Balaban J connectivity index is 1.92. The smallest absolute Gasteiger partial charge is 0.441 e. The summed E-state index contributed by atoms with van der Waals surface area (Å²) >= 11 is 0. The number of non-ortho nitro benzene ring substituents is 1. The molecule has 26 heavy (non-hydrogen) atoms. The van der Waals surface area contributed by atoms with Crippen LogP contribution in [0.3, 0.4) is 0 Å². The summed E-state index contributed by atoms with van der Waals surface area (Å²) in [5, 5.41) is 13.1. The number of ketones is 1. The Hall–Kier alpha value is -3.39. The average Bonchev–Trinajstić information content (AvgIpc) is 2.60. The molecule has 2 rings (SSSR count). The topological polar surface area (TPSA) is 152 Å². The van der Waals surface area contributed by atoms with Gasteiger partial charge in [0.25, 0.3) is 11.5 Å². The van der Waals surface area contributed by atoms with Gasteiger partial charge in [-0.15, -0.1) is 0 Å². The van der Waals surface area contributed by atoms with Gasteiger partial charge in [-0.3, -0.25) is 19.7 Å². The number of benzene rings is 1. The van der Waals surface area contributed by atoms with Crippen molar-refractivity contribution in [3.05, 3.63) is 45.5 Å². The summed E-state index contributed by atoms with van der Waals surface area (Å²) in [6, 6.07) is 4.90. The largest absolute Gasteiger partial charge is 0.452 e. The number of nitrogens with zero attached hydrogens (tertiary/aromatic N) is 3. The van der Waals surface area contributed by atoms with Crippen LogP contribution in [-0.2, 0) is 25.7 Å². The highest BCUT2D eigenvalue weighted by Crippen LogP contribution is 2.21. The molecule has 2 atom stereocenters. The van der Waals surface area contributed by atoms with Crippen molar-refractivity contribution in [2.45, 2.75) is 32.4 Å². The third-order valence-corrected chi connectivity index (χ3v) is 4.07. The van der Waals surface area contributed by atoms with Gasteiger partial charge in [0.1, 0.15) is 6.61 Å². The molecule has 1 amide bonds. The minimum atomic E-state index is -1.12. The van der Waals surface area contributed by atoms with Crippen LogP contribution in [0.1, 0.15) is 25.3 Å². The molecule has 0 spiro atoms. The van der Waals surface area contributed by atoms with Crippen LogP contribution in [0.15, 0.2) is 24.3 Å². The Morgan fingerprint density at radius 3 is 2.50 bits per heavy atom. The third kappa shape index (κ3) is 4.17. The van der Waals surface area contributed by atoms with Crippen LogP contribution >= 0.6 is 0 Å². The lowest BCUT2D eigenvalue weighted by Gasteiger charge is -2.35. The molecule has 0 unspecified atom stereocenters. The van der Waals surface area contributed by atoms with E-state index in [0.29, 0.717) is 12.0 Å². The van der Waals surface area contributed by atoms with Gasteiger partial charge in [-0.25, -0.2) is 4.79 Å². The molecule has 1 aliphatic rings. The van der Waals surface area contributed by atoms with Crippen molar-refractivity contribution >= 4 is 29.1 Å². The fraction of sp³-hybridized carbons (Fsp3) is 0.375. The predicted molar refractivity (Wildman–Crippen MR) is 86.9 cm³/mol. The minimum Gasteiger partial charge on any atom is -0.452 e. The number of carbonyl (C=O) groups excluding carboxylic acids is 3. The lowest BCUT2D eigenvalue weighted by atomic mass is 9.84. The van der Waals surface area contributed by atoms with Crippen LogP contribution in [0.2, 0.25) is 0 Å². The van der Waals surface area contributed by atoms with Gasteiger partial charge in [-0.2, -0.15) is 4.79 Å². The van der Waals surface area contributed by atoms with E-state index in [4.69, 9.17) is 10.3 Å². The van der Waals surface area contributed by atoms with Crippen LogP contribution < -0.4 is 5.32 Å². The number of nitrogens with one attached hydrogen (secondary N) is 1. The van der Waals surface area contributed by atoms with Gasteiger partial charge in [0, 0.05) is 24.6 Å². The minimum absolute atomic E-state index is 0.110. The van der Waals surface area contributed by atoms with E-state index in [-0.39, 0.29) is 30.5 Å². The van der Waals surface area contributed by atoms with Gasteiger partial charge >= 0.3 is 11.7 Å². The van der Waals surface area contributed by atoms with E-state index in [1.54, 1.807) is 6.92 Å². The van der Waals surface area contributed by atoms with Gasteiger partial charge < -0.3 is 15.6 Å². The lowest BCUT2D eigenvalue weighted by molar-refractivity contribution is -0.384. The van der Waals surface area contributed by atoms with Crippen molar-refractivity contribution < 1.29 is 28.8 Å². The van der Waals surface area contributed by atoms with Crippen LogP contribution in [-0.4, -0.2) is 39.1 Å². The maximum atomic E-state index is 12.1. The highest BCUT2D eigenvalue weighted by Gasteiger charge is 2.42. The third-order valence-electron chi connectivity index (χ3n) is 4.07. The van der Waals surface area contributed by atoms with Crippen molar-refractivity contribution in [3.8, 4) is 0 Å². The Morgan fingerprint density at radius 1 is 1.35 bits per heavy atom. The van der Waals surface area contributed by atoms with Crippen LogP contribution in [0.4, 0.5) is 5.69 Å². The fourth-order valence-electron chi connectivity index (χ4n) is 2.58. The van der Waals surface area contributed by atoms with E-state index in [0.717, 1.165) is 0 Å². The van der Waals surface area contributed by atoms with Crippen molar-refractivity contribution in [1.82, 2.24) is 5.32 Å².